The summed E-state index contributed by atoms with van der Waals surface area (Å²) in [7, 11) is 1.80. The van der Waals surface area contributed by atoms with Gasteiger partial charge in [-0.05, 0) is 18.9 Å². The minimum Gasteiger partial charge on any atom is -0.397 e. The van der Waals surface area contributed by atoms with Crippen LogP contribution in [-0.2, 0) is 0 Å². The van der Waals surface area contributed by atoms with Gasteiger partial charge in [-0.15, -0.1) is 0 Å². The Balaban J connectivity index is 3.27. The maximum absolute atomic E-state index is 14.1. The number of hydrogen-bond acceptors (Lipinski definition) is 3. The summed E-state index contributed by atoms with van der Waals surface area (Å²) >= 11 is 5.80. The lowest BCUT2D eigenvalue weighted by Crippen LogP contribution is -2.34. The van der Waals surface area contributed by atoms with E-state index in [0.29, 0.717) is 17.3 Å². The molecule has 0 saturated heterocycles. The van der Waals surface area contributed by atoms with Crippen molar-refractivity contribution >= 4 is 28.7 Å². The second-order valence-electron chi connectivity index (χ2n) is 4.63. The molecule has 96 valence electrons. The van der Waals surface area contributed by atoms with Gasteiger partial charge in [0, 0.05) is 13.1 Å². The van der Waals surface area contributed by atoms with Crippen LogP contribution in [-0.4, -0.2) is 13.1 Å². The van der Waals surface area contributed by atoms with E-state index in [1.54, 1.807) is 11.9 Å². The van der Waals surface area contributed by atoms with Gasteiger partial charge in [0.15, 0.2) is 5.82 Å². The van der Waals surface area contributed by atoms with Gasteiger partial charge >= 0.3 is 0 Å². The molecule has 3 nitrogen and oxygen atoms in total. The average molecular weight is 260 g/mol. The number of rotatable bonds is 3. The third-order valence-electron chi connectivity index (χ3n) is 3.17. The number of nitrogens with two attached hydrogens (primary N) is 2. The zero-order chi connectivity index (χ0) is 13.3. The Morgan fingerprint density at radius 3 is 2.24 bits per heavy atom. The van der Waals surface area contributed by atoms with Crippen LogP contribution in [0.2, 0.25) is 5.02 Å². The normalized spacial score (nSPS) is 12.9. The Kier molecular flexibility index (Phi) is 4.09. The third kappa shape index (κ3) is 2.57. The first-order valence-electron chi connectivity index (χ1n) is 5.53. The summed E-state index contributed by atoms with van der Waals surface area (Å²) in [5.74, 6) is -0.186. The van der Waals surface area contributed by atoms with Crippen molar-refractivity contribution in [3.8, 4) is 0 Å². The van der Waals surface area contributed by atoms with E-state index in [0.717, 1.165) is 0 Å². The molecule has 1 aromatic carbocycles. The van der Waals surface area contributed by atoms with E-state index in [1.165, 1.54) is 6.07 Å². The van der Waals surface area contributed by atoms with Crippen molar-refractivity contribution in [2.45, 2.75) is 26.8 Å². The zero-order valence-electron chi connectivity index (χ0n) is 10.6. The molecule has 0 radical (unpaired) electrons. The molecule has 0 saturated carbocycles. The molecule has 0 aliphatic rings. The van der Waals surface area contributed by atoms with E-state index < -0.39 is 5.82 Å². The summed E-state index contributed by atoms with van der Waals surface area (Å²) in [5, 5.41) is -0.0722. The first-order chi connectivity index (χ1) is 7.77. The highest BCUT2D eigenvalue weighted by Crippen LogP contribution is 2.36. The van der Waals surface area contributed by atoms with Crippen LogP contribution in [0.15, 0.2) is 6.07 Å². The minimum atomic E-state index is -0.556. The van der Waals surface area contributed by atoms with E-state index in [9.17, 15) is 4.39 Å². The maximum atomic E-state index is 14.1. The highest BCUT2D eigenvalue weighted by atomic mass is 35.5. The monoisotopic (exact) mass is 259 g/mol. The van der Waals surface area contributed by atoms with E-state index in [2.05, 4.69) is 13.8 Å². The molecule has 1 unspecified atom stereocenters. The zero-order valence-corrected chi connectivity index (χ0v) is 11.3. The quantitative estimate of drug-likeness (QED) is 0.820. The lowest BCUT2D eigenvalue weighted by molar-refractivity contribution is 0.498. The van der Waals surface area contributed by atoms with Gasteiger partial charge in [-0.3, -0.25) is 0 Å². The molecular formula is C12H19ClFN3. The lowest BCUT2D eigenvalue weighted by atomic mass is 10.0. The van der Waals surface area contributed by atoms with Crippen LogP contribution in [0.3, 0.4) is 0 Å². The number of anilines is 3. The van der Waals surface area contributed by atoms with Crippen LogP contribution >= 0.6 is 11.6 Å². The molecule has 1 atom stereocenters. The highest BCUT2D eigenvalue weighted by molar-refractivity contribution is 6.33. The summed E-state index contributed by atoms with van der Waals surface area (Å²) in [6, 6.07) is 1.64. The second kappa shape index (κ2) is 5.00. The predicted octanol–water partition coefficient (Wildman–Crippen LogP) is 3.12. The molecule has 0 aromatic heterocycles. The van der Waals surface area contributed by atoms with E-state index in [4.69, 9.17) is 23.1 Å². The van der Waals surface area contributed by atoms with Crippen LogP contribution in [0.4, 0.5) is 21.5 Å². The average Bonchev–Trinajstić information content (AvgIpc) is 2.24. The van der Waals surface area contributed by atoms with Crippen molar-refractivity contribution in [1.82, 2.24) is 0 Å². The lowest BCUT2D eigenvalue weighted by Gasteiger charge is -2.31. The Hall–Kier alpha value is -1.16. The van der Waals surface area contributed by atoms with Crippen LogP contribution in [0.5, 0.6) is 0 Å². The summed E-state index contributed by atoms with van der Waals surface area (Å²) in [5.41, 5.74) is 12.1. The van der Waals surface area contributed by atoms with E-state index >= 15 is 0 Å². The highest BCUT2D eigenvalue weighted by Gasteiger charge is 2.22. The fraction of sp³-hybridized carbons (Fsp3) is 0.500. The van der Waals surface area contributed by atoms with Gasteiger partial charge in [0.2, 0.25) is 0 Å². The first kappa shape index (κ1) is 13.9. The first-order valence-corrected chi connectivity index (χ1v) is 5.91. The van der Waals surface area contributed by atoms with Gasteiger partial charge in [-0.2, -0.15) is 0 Å². The Morgan fingerprint density at radius 2 is 1.76 bits per heavy atom. The molecule has 17 heavy (non-hydrogen) atoms. The van der Waals surface area contributed by atoms with E-state index in [-0.39, 0.29) is 16.8 Å². The van der Waals surface area contributed by atoms with Crippen molar-refractivity contribution in [3.63, 3.8) is 0 Å². The van der Waals surface area contributed by atoms with Crippen molar-refractivity contribution in [1.29, 1.82) is 0 Å². The molecule has 0 fully saturated rings. The number of benzene rings is 1. The number of nitrogen functional groups attached to an aromatic ring is 2. The van der Waals surface area contributed by atoms with E-state index in [1.807, 2.05) is 6.92 Å². The molecule has 0 aliphatic carbocycles. The van der Waals surface area contributed by atoms with Crippen LogP contribution in [0, 0.1) is 11.7 Å². The maximum Gasteiger partial charge on any atom is 0.169 e. The van der Waals surface area contributed by atoms with Crippen molar-refractivity contribution in [3.05, 3.63) is 16.9 Å². The van der Waals surface area contributed by atoms with Crippen molar-refractivity contribution in [2.24, 2.45) is 5.92 Å². The Morgan fingerprint density at radius 1 is 1.24 bits per heavy atom. The van der Waals surface area contributed by atoms with Crippen molar-refractivity contribution < 1.29 is 4.39 Å². The molecular weight excluding hydrogens is 241 g/mol. The summed E-state index contributed by atoms with van der Waals surface area (Å²) < 4.78 is 14.1. The molecule has 0 amide bonds. The Bertz CT molecular complexity index is 421. The second-order valence-corrected chi connectivity index (χ2v) is 5.01. The van der Waals surface area contributed by atoms with Crippen LogP contribution < -0.4 is 16.4 Å². The van der Waals surface area contributed by atoms with Gasteiger partial charge in [0.1, 0.15) is 5.02 Å². The molecule has 4 N–H and O–H groups in total. The molecule has 0 heterocycles. The van der Waals surface area contributed by atoms with Gasteiger partial charge in [0.05, 0.1) is 17.1 Å². The largest absolute Gasteiger partial charge is 0.397 e. The van der Waals surface area contributed by atoms with Gasteiger partial charge < -0.3 is 16.4 Å². The van der Waals surface area contributed by atoms with Crippen LogP contribution in [0.25, 0.3) is 0 Å². The van der Waals surface area contributed by atoms with Gasteiger partial charge in [-0.1, -0.05) is 25.4 Å². The van der Waals surface area contributed by atoms with Gasteiger partial charge in [-0.25, -0.2) is 4.39 Å². The fourth-order valence-corrected chi connectivity index (χ4v) is 1.81. The SMILES string of the molecule is CC(C)C(C)N(C)c1c(N)cc(N)c(Cl)c1F. The summed E-state index contributed by atoms with van der Waals surface area (Å²) in [6.45, 7) is 6.14. The van der Waals surface area contributed by atoms with Gasteiger partial charge in [0.25, 0.3) is 0 Å². The molecule has 1 aromatic rings. The Labute approximate surface area is 107 Å². The number of hydrogen-bond donors (Lipinski definition) is 2. The summed E-state index contributed by atoms with van der Waals surface area (Å²) in [4.78, 5) is 1.79. The fourth-order valence-electron chi connectivity index (χ4n) is 1.67. The minimum absolute atomic E-state index is 0.0722. The molecule has 1 rings (SSSR count). The van der Waals surface area contributed by atoms with Crippen LogP contribution in [0.1, 0.15) is 20.8 Å². The predicted molar refractivity (Wildman–Crippen MR) is 72.9 cm³/mol. The number of nitrogens with zero attached hydrogens (tertiary/aromatic N) is 1. The van der Waals surface area contributed by atoms with Crippen molar-refractivity contribution in [2.75, 3.05) is 23.4 Å². The summed E-state index contributed by atoms with van der Waals surface area (Å²) in [6.07, 6.45) is 0. The molecule has 0 aliphatic heterocycles. The number of halogens is 2. The molecule has 0 bridgehead atoms. The standard InChI is InChI=1S/C12H19ClFN3/c1-6(2)7(3)17(4)12-9(16)5-8(15)10(13)11(12)14/h5-7H,15-16H2,1-4H3. The smallest absolute Gasteiger partial charge is 0.169 e. The molecule has 5 heteroatoms. The third-order valence-corrected chi connectivity index (χ3v) is 3.55. The molecule has 0 spiro atoms. The topological polar surface area (TPSA) is 55.3 Å².